The maximum atomic E-state index is 11.8. The lowest BCUT2D eigenvalue weighted by Crippen LogP contribution is -2.11. The number of aromatic nitrogens is 1. The number of carbonyl (C=O) groups is 1. The molecule has 0 radical (unpaired) electrons. The van der Waals surface area contributed by atoms with Crippen molar-refractivity contribution in [3.8, 4) is 0 Å². The lowest BCUT2D eigenvalue weighted by molar-refractivity contribution is 0.102. The van der Waals surface area contributed by atoms with Gasteiger partial charge in [0.15, 0.2) is 4.67 Å². The molecule has 0 spiro atoms. The second-order valence-corrected chi connectivity index (χ2v) is 4.03. The van der Waals surface area contributed by atoms with Crippen molar-refractivity contribution in [2.75, 3.05) is 5.32 Å². The van der Waals surface area contributed by atoms with Crippen molar-refractivity contribution < 1.29 is 9.21 Å². The average molecular weight is 281 g/mol. The molecule has 0 aliphatic heterocycles. The first-order chi connectivity index (χ1) is 7.66. The van der Waals surface area contributed by atoms with Crippen molar-refractivity contribution in [3.63, 3.8) is 0 Å². The first kappa shape index (κ1) is 10.9. The van der Waals surface area contributed by atoms with E-state index in [0.29, 0.717) is 15.9 Å². The summed E-state index contributed by atoms with van der Waals surface area (Å²) in [5, 5.41) is 2.73. The van der Waals surface area contributed by atoms with Gasteiger partial charge < -0.3 is 9.73 Å². The molecule has 0 aliphatic rings. The molecule has 0 fully saturated rings. The molecule has 0 aromatic carbocycles. The fourth-order valence-electron chi connectivity index (χ4n) is 1.28. The number of nitrogens with zero attached hydrogens (tertiary/aromatic N) is 1. The fourth-order valence-corrected chi connectivity index (χ4v) is 1.70. The second-order valence-electron chi connectivity index (χ2n) is 3.31. The highest BCUT2D eigenvalue weighted by Crippen LogP contribution is 2.19. The van der Waals surface area contributed by atoms with Crippen LogP contribution in [0.5, 0.6) is 0 Å². The summed E-state index contributed by atoms with van der Waals surface area (Å²) >= 11 is 3.15. The second kappa shape index (κ2) is 4.49. The van der Waals surface area contributed by atoms with Gasteiger partial charge >= 0.3 is 0 Å². The zero-order valence-electron chi connectivity index (χ0n) is 8.53. The van der Waals surface area contributed by atoms with Gasteiger partial charge in [0.2, 0.25) is 0 Å². The lowest BCUT2D eigenvalue weighted by Gasteiger charge is -2.03. The lowest BCUT2D eigenvalue weighted by atomic mass is 10.2. The van der Waals surface area contributed by atoms with Crippen LogP contribution in [0.3, 0.4) is 0 Å². The van der Waals surface area contributed by atoms with Gasteiger partial charge in [0.1, 0.15) is 0 Å². The molecule has 0 saturated carbocycles. The van der Waals surface area contributed by atoms with Gasteiger partial charge in [-0.15, -0.1) is 0 Å². The van der Waals surface area contributed by atoms with Crippen LogP contribution in [-0.2, 0) is 0 Å². The quantitative estimate of drug-likeness (QED) is 0.920. The zero-order valence-corrected chi connectivity index (χ0v) is 10.1. The van der Waals surface area contributed by atoms with Crippen LogP contribution in [0.2, 0.25) is 0 Å². The van der Waals surface area contributed by atoms with Crippen molar-refractivity contribution in [1.82, 2.24) is 4.98 Å². The number of nitrogens with one attached hydrogen (secondary N) is 1. The number of anilines is 1. The number of hydrogen-bond acceptors (Lipinski definition) is 3. The third kappa shape index (κ3) is 2.30. The Kier molecular flexibility index (Phi) is 3.05. The highest BCUT2D eigenvalue weighted by molar-refractivity contribution is 9.10. The maximum absolute atomic E-state index is 11.8. The predicted molar refractivity (Wildman–Crippen MR) is 63.3 cm³/mol. The molecule has 4 nitrogen and oxygen atoms in total. The van der Waals surface area contributed by atoms with Crippen LogP contribution in [0.15, 0.2) is 39.9 Å². The number of aryl methyl sites for hydroxylation is 1. The van der Waals surface area contributed by atoms with Crippen LogP contribution in [-0.4, -0.2) is 10.9 Å². The molecule has 0 aliphatic carbocycles. The Labute approximate surface area is 101 Å². The SMILES string of the molecule is Cc1cncc(NC(=O)c2ccoc2Br)c1. The highest BCUT2D eigenvalue weighted by Gasteiger charge is 2.12. The number of amides is 1. The van der Waals surface area contributed by atoms with E-state index in [-0.39, 0.29) is 5.91 Å². The van der Waals surface area contributed by atoms with Crippen molar-refractivity contribution in [1.29, 1.82) is 0 Å². The van der Waals surface area contributed by atoms with Gasteiger partial charge in [0.05, 0.1) is 23.7 Å². The molecule has 1 N–H and O–H groups in total. The van der Waals surface area contributed by atoms with Gasteiger partial charge in [0.25, 0.3) is 5.91 Å². The third-order valence-electron chi connectivity index (χ3n) is 2.00. The number of hydrogen-bond donors (Lipinski definition) is 1. The Morgan fingerprint density at radius 3 is 2.94 bits per heavy atom. The van der Waals surface area contributed by atoms with Crippen LogP contribution in [0.1, 0.15) is 15.9 Å². The van der Waals surface area contributed by atoms with E-state index in [0.717, 1.165) is 5.56 Å². The third-order valence-corrected chi connectivity index (χ3v) is 2.61. The molecule has 16 heavy (non-hydrogen) atoms. The molecule has 1 amide bonds. The van der Waals surface area contributed by atoms with E-state index in [1.807, 2.05) is 13.0 Å². The van der Waals surface area contributed by atoms with Crippen molar-refractivity contribution in [2.45, 2.75) is 6.92 Å². The minimum Gasteiger partial charge on any atom is -0.457 e. The van der Waals surface area contributed by atoms with Gasteiger partial charge in [-0.05, 0) is 40.5 Å². The Bertz CT molecular complexity index is 522. The van der Waals surface area contributed by atoms with Gasteiger partial charge in [-0.3, -0.25) is 9.78 Å². The first-order valence-corrected chi connectivity index (χ1v) is 5.42. The summed E-state index contributed by atoms with van der Waals surface area (Å²) in [4.78, 5) is 15.8. The van der Waals surface area contributed by atoms with E-state index < -0.39 is 0 Å². The molecule has 2 aromatic rings. The van der Waals surface area contributed by atoms with Gasteiger partial charge in [-0.2, -0.15) is 0 Å². The molecular formula is C11H9BrN2O2. The minimum absolute atomic E-state index is 0.229. The number of carbonyl (C=O) groups excluding carboxylic acids is 1. The van der Waals surface area contributed by atoms with Crippen molar-refractivity contribution >= 4 is 27.5 Å². The minimum atomic E-state index is -0.229. The van der Waals surface area contributed by atoms with Gasteiger partial charge in [-0.25, -0.2) is 0 Å². The number of rotatable bonds is 2. The van der Waals surface area contributed by atoms with Crippen LogP contribution >= 0.6 is 15.9 Å². The van der Waals surface area contributed by atoms with Gasteiger partial charge in [-0.1, -0.05) is 0 Å². The topological polar surface area (TPSA) is 55.1 Å². The summed E-state index contributed by atoms with van der Waals surface area (Å²) in [5.74, 6) is -0.229. The van der Waals surface area contributed by atoms with E-state index in [1.165, 1.54) is 6.26 Å². The Morgan fingerprint density at radius 2 is 2.31 bits per heavy atom. The molecule has 0 saturated heterocycles. The Hall–Kier alpha value is -1.62. The van der Waals surface area contributed by atoms with Crippen LogP contribution in [0, 0.1) is 6.92 Å². The maximum Gasteiger partial charge on any atom is 0.260 e. The fraction of sp³-hybridized carbons (Fsp3) is 0.0909. The van der Waals surface area contributed by atoms with Gasteiger partial charge in [0, 0.05) is 6.20 Å². The molecule has 0 bridgehead atoms. The molecule has 2 rings (SSSR count). The molecule has 2 heterocycles. The monoisotopic (exact) mass is 280 g/mol. The van der Waals surface area contributed by atoms with E-state index in [4.69, 9.17) is 4.42 Å². The zero-order chi connectivity index (χ0) is 11.5. The van der Waals surface area contributed by atoms with Crippen molar-refractivity contribution in [2.24, 2.45) is 0 Å². The molecular weight excluding hydrogens is 272 g/mol. The van der Waals surface area contributed by atoms with Crippen LogP contribution in [0.4, 0.5) is 5.69 Å². The smallest absolute Gasteiger partial charge is 0.260 e. The number of pyridine rings is 1. The largest absolute Gasteiger partial charge is 0.457 e. The standard InChI is InChI=1S/C11H9BrN2O2/c1-7-4-8(6-13-5-7)14-11(15)9-2-3-16-10(9)12/h2-6H,1H3,(H,14,15). The number of furan rings is 1. The van der Waals surface area contributed by atoms with E-state index >= 15 is 0 Å². The average Bonchev–Trinajstić information content (AvgIpc) is 2.64. The van der Waals surface area contributed by atoms with E-state index in [9.17, 15) is 4.79 Å². The molecule has 0 atom stereocenters. The summed E-state index contributed by atoms with van der Waals surface area (Å²) in [7, 11) is 0. The Balaban J connectivity index is 2.17. The van der Waals surface area contributed by atoms with Crippen molar-refractivity contribution in [3.05, 3.63) is 46.6 Å². The molecule has 82 valence electrons. The molecule has 5 heteroatoms. The first-order valence-electron chi connectivity index (χ1n) is 4.63. The van der Waals surface area contributed by atoms with Crippen LogP contribution < -0.4 is 5.32 Å². The normalized spacial score (nSPS) is 10.1. The summed E-state index contributed by atoms with van der Waals surface area (Å²) < 4.78 is 5.41. The predicted octanol–water partition coefficient (Wildman–Crippen LogP) is 3.00. The Morgan fingerprint density at radius 1 is 1.50 bits per heavy atom. The summed E-state index contributed by atoms with van der Waals surface area (Å²) in [5.41, 5.74) is 2.11. The summed E-state index contributed by atoms with van der Waals surface area (Å²) in [6, 6.07) is 3.45. The highest BCUT2D eigenvalue weighted by atomic mass is 79.9. The summed E-state index contributed by atoms with van der Waals surface area (Å²) in [6.07, 6.45) is 4.77. The summed E-state index contributed by atoms with van der Waals surface area (Å²) in [6.45, 7) is 1.91. The van der Waals surface area contributed by atoms with Crippen LogP contribution in [0.25, 0.3) is 0 Å². The molecule has 0 unspecified atom stereocenters. The van der Waals surface area contributed by atoms with E-state index in [1.54, 1.807) is 18.5 Å². The number of halogens is 1. The van der Waals surface area contributed by atoms with E-state index in [2.05, 4.69) is 26.2 Å². The molecule has 2 aromatic heterocycles.